The first-order valence-corrected chi connectivity index (χ1v) is 5.62. The summed E-state index contributed by atoms with van der Waals surface area (Å²) in [4.78, 5) is 14.3. The molecule has 0 aromatic carbocycles. The van der Waals surface area contributed by atoms with Gasteiger partial charge in [0.25, 0.3) is 0 Å². The molecule has 2 aliphatic carbocycles. The second kappa shape index (κ2) is 2.81. The Morgan fingerprint density at radius 1 is 1.00 bits per heavy atom. The van der Waals surface area contributed by atoms with Gasteiger partial charge in [-0.2, -0.15) is 0 Å². The number of hydrogen-bond acceptors (Lipinski definition) is 2. The summed E-state index contributed by atoms with van der Waals surface area (Å²) in [5.74, 6) is 1.41. The molecule has 0 amide bonds. The Labute approximate surface area is 79.3 Å². The summed E-state index contributed by atoms with van der Waals surface area (Å²) in [6.45, 7) is 2.17. The van der Waals surface area contributed by atoms with E-state index in [9.17, 15) is 4.79 Å². The molecule has 0 N–H and O–H groups in total. The summed E-state index contributed by atoms with van der Waals surface area (Å²) < 4.78 is 0. The molecule has 0 spiro atoms. The molecule has 0 aromatic rings. The summed E-state index contributed by atoms with van der Waals surface area (Å²) in [7, 11) is 0. The highest BCUT2D eigenvalue weighted by atomic mass is 16.1. The van der Waals surface area contributed by atoms with Crippen molar-refractivity contribution in [3.05, 3.63) is 0 Å². The monoisotopic (exact) mass is 179 g/mol. The normalized spacial score (nSPS) is 40.8. The van der Waals surface area contributed by atoms with Crippen LogP contribution >= 0.6 is 0 Å². The number of rotatable bonds is 1. The molecule has 13 heavy (non-hydrogen) atoms. The highest BCUT2D eigenvalue weighted by molar-refractivity contribution is 5.85. The number of Topliss-reactive ketones (excluding diaryl/α,β-unsaturated/α-hetero) is 1. The molecule has 1 aliphatic heterocycles. The van der Waals surface area contributed by atoms with Crippen molar-refractivity contribution in [1.29, 1.82) is 0 Å². The molecule has 2 unspecified atom stereocenters. The van der Waals surface area contributed by atoms with E-state index in [2.05, 4.69) is 4.90 Å². The molecule has 2 bridgehead atoms. The number of ketones is 1. The predicted octanol–water partition coefficient (Wildman–Crippen LogP) is 1.45. The average Bonchev–Trinajstić information content (AvgIpc) is 2.85. The van der Waals surface area contributed by atoms with Gasteiger partial charge >= 0.3 is 0 Å². The van der Waals surface area contributed by atoms with Crippen molar-refractivity contribution in [3.8, 4) is 0 Å². The molecular weight excluding hydrogens is 162 g/mol. The quantitative estimate of drug-likeness (QED) is 0.607. The van der Waals surface area contributed by atoms with Crippen molar-refractivity contribution in [2.45, 2.75) is 38.1 Å². The number of carbonyl (C=O) groups excluding carboxylic acids is 1. The van der Waals surface area contributed by atoms with E-state index in [1.165, 1.54) is 32.1 Å². The Bertz CT molecular complexity index is 218. The number of piperidine rings is 1. The molecule has 72 valence electrons. The van der Waals surface area contributed by atoms with Crippen molar-refractivity contribution in [3.63, 3.8) is 0 Å². The van der Waals surface area contributed by atoms with Crippen LogP contribution in [0.1, 0.15) is 32.1 Å². The van der Waals surface area contributed by atoms with Crippen molar-refractivity contribution in [1.82, 2.24) is 4.90 Å². The minimum absolute atomic E-state index is 0.410. The van der Waals surface area contributed by atoms with E-state index < -0.39 is 0 Å². The zero-order valence-electron chi connectivity index (χ0n) is 8.04. The standard InChI is InChI=1S/C11H17NO/c13-11-8-2-1-3-9(11)7-12(6-8)10-4-5-10/h8-10H,1-7H2. The van der Waals surface area contributed by atoms with Crippen LogP contribution in [-0.2, 0) is 4.79 Å². The molecule has 1 saturated heterocycles. The third-order valence-electron chi connectivity index (χ3n) is 3.88. The molecule has 3 rings (SSSR count). The van der Waals surface area contributed by atoms with E-state index in [0.717, 1.165) is 19.1 Å². The number of hydrogen-bond donors (Lipinski definition) is 0. The van der Waals surface area contributed by atoms with E-state index >= 15 is 0 Å². The van der Waals surface area contributed by atoms with Crippen LogP contribution < -0.4 is 0 Å². The van der Waals surface area contributed by atoms with Crippen LogP contribution in [0.2, 0.25) is 0 Å². The fraction of sp³-hybridized carbons (Fsp3) is 0.909. The topological polar surface area (TPSA) is 20.3 Å². The summed E-state index contributed by atoms with van der Waals surface area (Å²) in [5.41, 5.74) is 0. The number of likely N-dealkylation sites (tertiary alicyclic amines) is 1. The van der Waals surface area contributed by atoms with Gasteiger partial charge in [0.15, 0.2) is 0 Å². The van der Waals surface area contributed by atoms with Crippen molar-refractivity contribution in [2.75, 3.05) is 13.1 Å². The third-order valence-corrected chi connectivity index (χ3v) is 3.88. The summed E-state index contributed by atoms with van der Waals surface area (Å²) in [6, 6.07) is 0.858. The van der Waals surface area contributed by atoms with Crippen molar-refractivity contribution in [2.24, 2.45) is 11.8 Å². The maximum atomic E-state index is 11.8. The van der Waals surface area contributed by atoms with Crippen LogP contribution in [0.15, 0.2) is 0 Å². The SMILES string of the molecule is O=C1C2CCCC1CN(C1CC1)C2. The highest BCUT2D eigenvalue weighted by Crippen LogP contribution is 2.37. The van der Waals surface area contributed by atoms with Gasteiger partial charge in [0.05, 0.1) is 0 Å². The smallest absolute Gasteiger partial charge is 0.141 e. The maximum absolute atomic E-state index is 11.8. The molecule has 2 heteroatoms. The minimum Gasteiger partial charge on any atom is -0.299 e. The van der Waals surface area contributed by atoms with Crippen LogP contribution in [0.5, 0.6) is 0 Å². The second-order valence-electron chi connectivity index (χ2n) is 4.91. The molecule has 3 fully saturated rings. The largest absolute Gasteiger partial charge is 0.299 e. The molecule has 1 heterocycles. The fourth-order valence-electron chi connectivity index (χ4n) is 2.97. The highest BCUT2D eigenvalue weighted by Gasteiger charge is 2.42. The molecule has 3 aliphatic rings. The van der Waals surface area contributed by atoms with Crippen LogP contribution in [0.3, 0.4) is 0 Å². The lowest BCUT2D eigenvalue weighted by atomic mass is 9.76. The molecule has 0 radical (unpaired) electrons. The van der Waals surface area contributed by atoms with E-state index in [1.54, 1.807) is 0 Å². The van der Waals surface area contributed by atoms with Crippen molar-refractivity contribution < 1.29 is 4.79 Å². The zero-order chi connectivity index (χ0) is 8.84. The Morgan fingerprint density at radius 3 is 2.15 bits per heavy atom. The Hall–Kier alpha value is -0.370. The van der Waals surface area contributed by atoms with Crippen LogP contribution in [0.4, 0.5) is 0 Å². The van der Waals surface area contributed by atoms with Gasteiger partial charge in [-0.25, -0.2) is 0 Å². The predicted molar refractivity (Wildman–Crippen MR) is 50.4 cm³/mol. The third kappa shape index (κ3) is 1.32. The van der Waals surface area contributed by atoms with E-state index in [1.807, 2.05) is 0 Å². The van der Waals surface area contributed by atoms with E-state index in [4.69, 9.17) is 0 Å². The lowest BCUT2D eigenvalue weighted by molar-refractivity contribution is -0.134. The minimum atomic E-state index is 0.410. The van der Waals surface area contributed by atoms with Crippen LogP contribution in [0, 0.1) is 11.8 Å². The van der Waals surface area contributed by atoms with Crippen molar-refractivity contribution >= 4 is 5.78 Å². The van der Waals surface area contributed by atoms with Gasteiger partial charge < -0.3 is 0 Å². The van der Waals surface area contributed by atoms with Crippen LogP contribution in [-0.4, -0.2) is 29.8 Å². The average molecular weight is 179 g/mol. The Kier molecular flexibility index (Phi) is 1.72. The molecule has 2 nitrogen and oxygen atoms in total. The number of fused-ring (bicyclic) bond motifs is 2. The second-order valence-corrected chi connectivity index (χ2v) is 4.91. The van der Waals surface area contributed by atoms with Gasteiger partial charge in [-0.1, -0.05) is 6.42 Å². The molecule has 0 aromatic heterocycles. The summed E-state index contributed by atoms with van der Waals surface area (Å²) in [6.07, 6.45) is 6.39. The van der Waals surface area contributed by atoms with Gasteiger partial charge in [-0.3, -0.25) is 9.69 Å². The lowest BCUT2D eigenvalue weighted by Gasteiger charge is -2.40. The maximum Gasteiger partial charge on any atom is 0.141 e. The van der Waals surface area contributed by atoms with Gasteiger partial charge in [0, 0.05) is 31.0 Å². The van der Waals surface area contributed by atoms with Gasteiger partial charge in [0.2, 0.25) is 0 Å². The first-order valence-electron chi connectivity index (χ1n) is 5.62. The van der Waals surface area contributed by atoms with E-state index in [-0.39, 0.29) is 0 Å². The first-order chi connectivity index (χ1) is 6.34. The van der Waals surface area contributed by atoms with Gasteiger partial charge in [-0.05, 0) is 25.7 Å². The Morgan fingerprint density at radius 2 is 1.62 bits per heavy atom. The van der Waals surface area contributed by atoms with Gasteiger partial charge in [-0.15, -0.1) is 0 Å². The number of nitrogens with zero attached hydrogens (tertiary/aromatic N) is 1. The lowest BCUT2D eigenvalue weighted by Crippen LogP contribution is -2.49. The Balaban J connectivity index is 1.75. The first kappa shape index (κ1) is 7.98. The molecular formula is C11H17NO. The van der Waals surface area contributed by atoms with Crippen LogP contribution in [0.25, 0.3) is 0 Å². The summed E-state index contributed by atoms with van der Waals surface area (Å²) >= 11 is 0. The number of carbonyl (C=O) groups is 1. The molecule has 2 atom stereocenters. The molecule has 2 saturated carbocycles. The van der Waals surface area contributed by atoms with Gasteiger partial charge in [0.1, 0.15) is 5.78 Å². The fourth-order valence-corrected chi connectivity index (χ4v) is 2.97. The summed E-state index contributed by atoms with van der Waals surface area (Å²) in [5, 5.41) is 0. The zero-order valence-corrected chi connectivity index (χ0v) is 8.04. The van der Waals surface area contributed by atoms with E-state index in [0.29, 0.717) is 17.6 Å².